The zero-order chi connectivity index (χ0) is 21.1. The number of ether oxygens (including phenoxy) is 3. The lowest BCUT2D eigenvalue weighted by atomic mass is 9.84. The van der Waals surface area contributed by atoms with E-state index in [4.69, 9.17) is 14.2 Å². The largest absolute Gasteiger partial charge is 0.455 e. The van der Waals surface area contributed by atoms with Crippen LogP contribution in [0.25, 0.3) is 0 Å². The smallest absolute Gasteiger partial charge is 0.407 e. The zero-order valence-corrected chi connectivity index (χ0v) is 17.3. The summed E-state index contributed by atoms with van der Waals surface area (Å²) in [5.41, 5.74) is 1.31. The molecule has 8 nitrogen and oxygen atoms in total. The average molecular weight is 415 g/mol. The van der Waals surface area contributed by atoms with Crippen molar-refractivity contribution in [2.75, 3.05) is 13.2 Å². The predicted molar refractivity (Wildman–Crippen MR) is 109 cm³/mol. The summed E-state index contributed by atoms with van der Waals surface area (Å²) in [7, 11) is 0. The third-order valence-corrected chi connectivity index (χ3v) is 6.25. The van der Waals surface area contributed by atoms with E-state index in [9.17, 15) is 9.59 Å². The Morgan fingerprint density at radius 1 is 1.50 bits per heavy atom. The van der Waals surface area contributed by atoms with Crippen LogP contribution in [0.1, 0.15) is 39.0 Å². The standard InChI is InChI=1S/C22H29N3O5/c1-15-17-7-6-16(5-3-8-22(2)19(30-22)18(17)29-20(15)26)13-28-21(27)24-9-4-11-25-12-10-23-14-25/h5,10,12,14,17-19H,1,3-4,6-9,11,13H2,2H3,(H,24,27)/b16-5+/t17-,18-,19-,22+/m0/s1. The minimum atomic E-state index is -0.419. The van der Waals surface area contributed by atoms with E-state index in [1.165, 1.54) is 0 Å². The summed E-state index contributed by atoms with van der Waals surface area (Å²) in [6.45, 7) is 7.57. The lowest BCUT2D eigenvalue weighted by Gasteiger charge is -2.20. The predicted octanol–water partition coefficient (Wildman–Crippen LogP) is 2.76. The molecule has 1 aliphatic carbocycles. The first-order chi connectivity index (χ1) is 14.5. The number of hydrogen-bond donors (Lipinski definition) is 1. The molecular weight excluding hydrogens is 386 g/mol. The van der Waals surface area contributed by atoms with Gasteiger partial charge in [-0.3, -0.25) is 0 Å². The average Bonchev–Trinajstić information content (AvgIpc) is 3.03. The number of hydrogen-bond acceptors (Lipinski definition) is 6. The van der Waals surface area contributed by atoms with Crippen LogP contribution < -0.4 is 5.32 Å². The Morgan fingerprint density at radius 3 is 3.17 bits per heavy atom. The molecule has 0 saturated carbocycles. The van der Waals surface area contributed by atoms with Gasteiger partial charge in [-0.2, -0.15) is 0 Å². The molecule has 4 atom stereocenters. The number of epoxide rings is 1. The number of amides is 1. The molecule has 1 aromatic rings. The van der Waals surface area contributed by atoms with Crippen LogP contribution in [-0.4, -0.2) is 52.6 Å². The fraction of sp³-hybridized carbons (Fsp3) is 0.591. The van der Waals surface area contributed by atoms with E-state index >= 15 is 0 Å². The van der Waals surface area contributed by atoms with Gasteiger partial charge in [0.2, 0.25) is 0 Å². The highest BCUT2D eigenvalue weighted by Crippen LogP contribution is 2.49. The molecule has 8 heteroatoms. The van der Waals surface area contributed by atoms with Crippen LogP contribution in [-0.2, 0) is 25.5 Å². The maximum atomic E-state index is 12.0. The van der Waals surface area contributed by atoms with Crippen molar-refractivity contribution < 1.29 is 23.8 Å². The Morgan fingerprint density at radius 2 is 2.37 bits per heavy atom. The van der Waals surface area contributed by atoms with Crippen LogP contribution in [0, 0.1) is 5.92 Å². The van der Waals surface area contributed by atoms with E-state index in [0.29, 0.717) is 12.1 Å². The number of aromatic nitrogens is 2. The van der Waals surface area contributed by atoms with Crippen molar-refractivity contribution in [3.8, 4) is 0 Å². The summed E-state index contributed by atoms with van der Waals surface area (Å²) in [6.07, 6.45) is 10.7. The van der Waals surface area contributed by atoms with E-state index < -0.39 is 6.09 Å². The van der Waals surface area contributed by atoms with Gasteiger partial charge in [0.25, 0.3) is 0 Å². The van der Waals surface area contributed by atoms with Gasteiger partial charge in [-0.15, -0.1) is 0 Å². The molecule has 3 aliphatic rings. The third kappa shape index (κ3) is 4.59. The van der Waals surface area contributed by atoms with Crippen molar-refractivity contribution in [2.24, 2.45) is 5.92 Å². The highest BCUT2D eigenvalue weighted by atomic mass is 16.6. The Balaban J connectivity index is 1.26. The van der Waals surface area contributed by atoms with Gasteiger partial charge in [-0.1, -0.05) is 12.7 Å². The van der Waals surface area contributed by atoms with Crippen LogP contribution in [0.2, 0.25) is 0 Å². The molecule has 1 amide bonds. The second-order valence-corrected chi connectivity index (χ2v) is 8.45. The van der Waals surface area contributed by atoms with Gasteiger partial charge < -0.3 is 24.1 Å². The fourth-order valence-electron chi connectivity index (χ4n) is 4.33. The molecule has 0 radical (unpaired) electrons. The summed E-state index contributed by atoms with van der Waals surface area (Å²) in [4.78, 5) is 28.0. The van der Waals surface area contributed by atoms with Crippen molar-refractivity contribution in [1.29, 1.82) is 0 Å². The number of imidazole rings is 1. The molecule has 4 rings (SSSR count). The van der Waals surface area contributed by atoms with Gasteiger partial charge >= 0.3 is 12.1 Å². The van der Waals surface area contributed by atoms with Crippen LogP contribution in [0.3, 0.4) is 0 Å². The Labute approximate surface area is 176 Å². The number of nitrogens with one attached hydrogen (secondary N) is 1. The molecule has 1 aromatic heterocycles. The Bertz CT molecular complexity index is 834. The number of nitrogens with zero attached hydrogens (tertiary/aromatic N) is 2. The summed E-state index contributed by atoms with van der Waals surface area (Å²) in [6, 6.07) is 0. The second-order valence-electron chi connectivity index (χ2n) is 8.45. The second kappa shape index (κ2) is 8.63. The van der Waals surface area contributed by atoms with Gasteiger partial charge in [0.05, 0.1) is 11.9 Å². The molecule has 1 N–H and O–H groups in total. The maximum absolute atomic E-state index is 12.0. The summed E-state index contributed by atoms with van der Waals surface area (Å²) < 4.78 is 18.9. The van der Waals surface area contributed by atoms with E-state index in [0.717, 1.165) is 44.2 Å². The van der Waals surface area contributed by atoms with Crippen molar-refractivity contribution in [3.05, 3.63) is 42.5 Å². The zero-order valence-electron chi connectivity index (χ0n) is 17.3. The molecule has 2 fully saturated rings. The van der Waals surface area contributed by atoms with Crippen molar-refractivity contribution in [3.63, 3.8) is 0 Å². The molecule has 0 bridgehead atoms. The van der Waals surface area contributed by atoms with Gasteiger partial charge in [-0.25, -0.2) is 14.6 Å². The monoisotopic (exact) mass is 415 g/mol. The number of esters is 1. The minimum absolute atomic E-state index is 0.0509. The molecule has 2 aliphatic heterocycles. The number of allylic oxidation sites excluding steroid dienone is 1. The molecule has 3 heterocycles. The van der Waals surface area contributed by atoms with Gasteiger partial charge in [-0.05, 0) is 44.6 Å². The lowest BCUT2D eigenvalue weighted by molar-refractivity contribution is -0.140. The van der Waals surface area contributed by atoms with Crippen LogP contribution in [0.4, 0.5) is 4.79 Å². The number of rotatable bonds is 6. The highest BCUT2D eigenvalue weighted by Gasteiger charge is 2.61. The topological polar surface area (TPSA) is 95.0 Å². The Hall–Kier alpha value is -2.61. The number of alkyl carbamates (subject to hydrolysis) is 1. The minimum Gasteiger partial charge on any atom is -0.455 e. The summed E-state index contributed by atoms with van der Waals surface area (Å²) in [5.74, 6) is -0.373. The SMILES string of the molecule is C=C1C(=O)O[C@H]2[C@H]1CC/C(COC(=O)NCCCn1ccnc1)=C\CC[C@@]1(C)O[C@@H]21. The molecular formula is C22H29N3O5. The normalized spacial score (nSPS) is 32.3. The summed E-state index contributed by atoms with van der Waals surface area (Å²) in [5, 5.41) is 2.78. The molecule has 162 valence electrons. The van der Waals surface area contributed by atoms with Crippen molar-refractivity contribution in [2.45, 2.75) is 63.4 Å². The number of fused-ring (bicyclic) bond motifs is 3. The number of carbonyl (C=O) groups is 2. The lowest BCUT2D eigenvalue weighted by Crippen LogP contribution is -2.29. The van der Waals surface area contributed by atoms with E-state index in [1.54, 1.807) is 12.5 Å². The van der Waals surface area contributed by atoms with Crippen molar-refractivity contribution in [1.82, 2.24) is 14.9 Å². The van der Waals surface area contributed by atoms with Crippen molar-refractivity contribution >= 4 is 12.1 Å². The quantitative estimate of drug-likeness (QED) is 0.252. The van der Waals surface area contributed by atoms with E-state index in [1.807, 2.05) is 10.8 Å². The van der Waals surface area contributed by atoms with Gasteiger partial charge in [0.1, 0.15) is 18.8 Å². The highest BCUT2D eigenvalue weighted by molar-refractivity contribution is 5.91. The van der Waals surface area contributed by atoms with E-state index in [2.05, 4.69) is 29.9 Å². The first kappa shape index (κ1) is 20.7. The van der Waals surface area contributed by atoms with E-state index in [-0.39, 0.29) is 36.3 Å². The number of carbonyl (C=O) groups excluding carboxylic acids is 2. The molecule has 2 saturated heterocycles. The third-order valence-electron chi connectivity index (χ3n) is 6.25. The molecule has 0 aromatic carbocycles. The fourth-order valence-corrected chi connectivity index (χ4v) is 4.33. The van der Waals surface area contributed by atoms with Gasteiger partial charge in [0, 0.05) is 37.0 Å². The van der Waals surface area contributed by atoms with Gasteiger partial charge in [0.15, 0.2) is 0 Å². The molecule has 0 spiro atoms. The number of aryl methyl sites for hydroxylation is 1. The van der Waals surface area contributed by atoms with Crippen LogP contribution in [0.5, 0.6) is 0 Å². The van der Waals surface area contributed by atoms with Crippen LogP contribution in [0.15, 0.2) is 42.5 Å². The summed E-state index contributed by atoms with van der Waals surface area (Å²) >= 11 is 0. The Kier molecular flexibility index (Phi) is 5.94. The molecule has 0 unspecified atom stereocenters. The first-order valence-electron chi connectivity index (χ1n) is 10.6. The maximum Gasteiger partial charge on any atom is 0.407 e. The first-order valence-corrected chi connectivity index (χ1v) is 10.6. The van der Waals surface area contributed by atoms with Crippen LogP contribution >= 0.6 is 0 Å². The molecule has 30 heavy (non-hydrogen) atoms.